The summed E-state index contributed by atoms with van der Waals surface area (Å²) in [6.45, 7) is 5.60. The summed E-state index contributed by atoms with van der Waals surface area (Å²) in [5.74, 6) is -0.624. The van der Waals surface area contributed by atoms with E-state index in [0.29, 0.717) is 27.8 Å². The van der Waals surface area contributed by atoms with Gasteiger partial charge in [0.05, 0.1) is 22.0 Å². The van der Waals surface area contributed by atoms with Crippen LogP contribution >= 0.6 is 45.8 Å². The van der Waals surface area contributed by atoms with E-state index in [1.54, 1.807) is 49.4 Å². The average molecular weight is 640 g/mol. The molecule has 34 heavy (non-hydrogen) atoms. The minimum absolute atomic E-state index is 0.0519. The molecule has 1 atom stereocenters. The zero-order valence-electron chi connectivity index (χ0n) is 19.4. The fraction of sp³-hybridized carbons (Fsp3) is 0.391. The van der Waals surface area contributed by atoms with Gasteiger partial charge in [-0.05, 0) is 77.4 Å². The highest BCUT2D eigenvalue weighted by Crippen LogP contribution is 2.24. The van der Waals surface area contributed by atoms with Crippen LogP contribution in [0.4, 0.5) is 5.69 Å². The van der Waals surface area contributed by atoms with Gasteiger partial charge in [0, 0.05) is 16.7 Å². The number of amides is 2. The third-order valence-electron chi connectivity index (χ3n) is 4.98. The lowest BCUT2D eigenvalue weighted by Crippen LogP contribution is -2.51. The summed E-state index contributed by atoms with van der Waals surface area (Å²) in [5.41, 5.74) is 1.02. The van der Waals surface area contributed by atoms with Crippen molar-refractivity contribution >= 4 is 73.3 Å². The van der Waals surface area contributed by atoms with Gasteiger partial charge in [0.25, 0.3) is 0 Å². The molecular weight excluding hydrogens is 612 g/mol. The number of hydrogen-bond donors (Lipinski definition) is 1. The van der Waals surface area contributed by atoms with Gasteiger partial charge in [0.1, 0.15) is 12.6 Å². The Morgan fingerprint density at radius 3 is 2.18 bits per heavy atom. The van der Waals surface area contributed by atoms with Gasteiger partial charge in [0.2, 0.25) is 21.8 Å². The fourth-order valence-corrected chi connectivity index (χ4v) is 4.62. The van der Waals surface area contributed by atoms with Gasteiger partial charge >= 0.3 is 0 Å². The Labute approximate surface area is 225 Å². The average Bonchev–Trinajstić information content (AvgIpc) is 2.75. The number of carbonyl (C=O) groups excluding carboxylic acids is 2. The summed E-state index contributed by atoms with van der Waals surface area (Å²) in [6.07, 6.45) is 1.04. The predicted octanol–water partition coefficient (Wildman–Crippen LogP) is 4.55. The molecule has 2 aromatic rings. The molecule has 0 heterocycles. The van der Waals surface area contributed by atoms with Gasteiger partial charge < -0.3 is 10.2 Å². The summed E-state index contributed by atoms with van der Waals surface area (Å²) in [5, 5.41) is 3.52. The highest BCUT2D eigenvalue weighted by atomic mass is 127. The normalized spacial score (nSPS) is 12.4. The molecule has 0 radical (unpaired) electrons. The van der Waals surface area contributed by atoms with E-state index in [1.807, 2.05) is 13.8 Å². The molecule has 186 valence electrons. The maximum absolute atomic E-state index is 13.5. The summed E-state index contributed by atoms with van der Waals surface area (Å²) in [7, 11) is -3.77. The number of nitrogens with zero attached hydrogens (tertiary/aromatic N) is 2. The molecule has 0 bridgehead atoms. The molecule has 0 spiro atoms. The maximum atomic E-state index is 13.5. The van der Waals surface area contributed by atoms with Crippen LogP contribution in [0, 0.1) is 9.49 Å². The van der Waals surface area contributed by atoms with Gasteiger partial charge in [-0.1, -0.05) is 43.1 Å². The Hall–Kier alpha value is -1.56. The standard InChI is InChI=1S/C23H28Cl2IN3O4S/c1-15(2)12-27-23(31)16(3)28(13-17-5-10-20(24)21(25)11-17)22(30)14-29(34(4,32)33)19-8-6-18(26)7-9-19/h5-11,15-16H,12-14H2,1-4H3,(H,27,31). The molecule has 1 unspecified atom stereocenters. The van der Waals surface area contributed by atoms with Crippen LogP contribution < -0.4 is 9.62 Å². The number of benzene rings is 2. The quantitative estimate of drug-likeness (QED) is 0.387. The van der Waals surface area contributed by atoms with Crippen LogP contribution in [0.15, 0.2) is 42.5 Å². The highest BCUT2D eigenvalue weighted by molar-refractivity contribution is 14.1. The highest BCUT2D eigenvalue weighted by Gasteiger charge is 2.30. The Bertz CT molecular complexity index is 1130. The van der Waals surface area contributed by atoms with Crippen LogP contribution in [0.5, 0.6) is 0 Å². The monoisotopic (exact) mass is 639 g/mol. The van der Waals surface area contributed by atoms with Crippen molar-refractivity contribution in [1.82, 2.24) is 10.2 Å². The first-order valence-electron chi connectivity index (χ1n) is 10.5. The number of rotatable bonds is 10. The lowest BCUT2D eigenvalue weighted by molar-refractivity contribution is -0.139. The Kier molecular flexibility index (Phi) is 10.5. The Balaban J connectivity index is 2.38. The minimum Gasteiger partial charge on any atom is -0.354 e. The Morgan fingerprint density at radius 1 is 1.03 bits per heavy atom. The molecule has 2 rings (SSSR count). The number of hydrogen-bond acceptors (Lipinski definition) is 4. The minimum atomic E-state index is -3.77. The molecule has 1 N–H and O–H groups in total. The molecule has 0 saturated carbocycles. The molecule has 0 saturated heterocycles. The number of nitrogens with one attached hydrogen (secondary N) is 1. The van der Waals surface area contributed by atoms with Crippen LogP contribution in [0.3, 0.4) is 0 Å². The fourth-order valence-electron chi connectivity index (χ4n) is 3.09. The summed E-state index contributed by atoms with van der Waals surface area (Å²) in [6, 6.07) is 10.9. The van der Waals surface area contributed by atoms with Gasteiger partial charge in [-0.3, -0.25) is 13.9 Å². The predicted molar refractivity (Wildman–Crippen MR) is 146 cm³/mol. The third kappa shape index (κ3) is 8.28. The van der Waals surface area contributed by atoms with E-state index in [2.05, 4.69) is 27.9 Å². The van der Waals surface area contributed by atoms with E-state index in [4.69, 9.17) is 23.2 Å². The second kappa shape index (κ2) is 12.4. The van der Waals surface area contributed by atoms with Crippen LogP contribution in [-0.2, 0) is 26.2 Å². The molecule has 0 aliphatic rings. The molecule has 0 fully saturated rings. The third-order valence-corrected chi connectivity index (χ3v) is 7.58. The van der Waals surface area contributed by atoms with Gasteiger partial charge in [0.15, 0.2) is 0 Å². The summed E-state index contributed by atoms with van der Waals surface area (Å²) < 4.78 is 27.0. The SMILES string of the molecule is CC(C)CNC(=O)C(C)N(Cc1ccc(Cl)c(Cl)c1)C(=O)CN(c1ccc(I)cc1)S(C)(=O)=O. The number of carbonyl (C=O) groups is 2. The van der Waals surface area contributed by atoms with E-state index in [9.17, 15) is 18.0 Å². The first-order valence-corrected chi connectivity index (χ1v) is 14.2. The zero-order valence-corrected chi connectivity index (χ0v) is 23.9. The topological polar surface area (TPSA) is 86.8 Å². The van der Waals surface area contributed by atoms with E-state index in [-0.39, 0.29) is 18.4 Å². The molecule has 2 aromatic carbocycles. The number of halogens is 3. The van der Waals surface area contributed by atoms with Gasteiger partial charge in [-0.25, -0.2) is 8.42 Å². The second-order valence-electron chi connectivity index (χ2n) is 8.33. The smallest absolute Gasteiger partial charge is 0.244 e. The molecule has 0 aliphatic carbocycles. The number of anilines is 1. The Morgan fingerprint density at radius 2 is 1.65 bits per heavy atom. The lowest BCUT2D eigenvalue weighted by Gasteiger charge is -2.31. The first kappa shape index (κ1) is 28.7. The zero-order chi connectivity index (χ0) is 25.6. The molecule has 7 nitrogen and oxygen atoms in total. The van der Waals surface area contributed by atoms with Crippen LogP contribution in [-0.4, -0.2) is 50.5 Å². The molecule has 0 aliphatic heterocycles. The molecular formula is C23H28Cl2IN3O4S. The summed E-state index contributed by atoms with van der Waals surface area (Å²) in [4.78, 5) is 27.6. The second-order valence-corrected chi connectivity index (χ2v) is 12.3. The van der Waals surface area contributed by atoms with Crippen LogP contribution in [0.2, 0.25) is 10.0 Å². The van der Waals surface area contributed by atoms with Crippen molar-refractivity contribution in [3.8, 4) is 0 Å². The summed E-state index contributed by atoms with van der Waals surface area (Å²) >= 11 is 14.3. The van der Waals surface area contributed by atoms with Crippen molar-refractivity contribution in [1.29, 1.82) is 0 Å². The first-order chi connectivity index (χ1) is 15.8. The largest absolute Gasteiger partial charge is 0.354 e. The van der Waals surface area contributed by atoms with Crippen molar-refractivity contribution in [3.63, 3.8) is 0 Å². The maximum Gasteiger partial charge on any atom is 0.244 e. The van der Waals surface area contributed by atoms with Crippen molar-refractivity contribution < 1.29 is 18.0 Å². The molecule has 11 heteroatoms. The van der Waals surface area contributed by atoms with E-state index in [1.165, 1.54) is 4.90 Å². The van der Waals surface area contributed by atoms with E-state index in [0.717, 1.165) is 14.1 Å². The van der Waals surface area contributed by atoms with Crippen LogP contribution in [0.1, 0.15) is 26.3 Å². The van der Waals surface area contributed by atoms with Crippen molar-refractivity contribution in [2.24, 2.45) is 5.92 Å². The van der Waals surface area contributed by atoms with E-state index >= 15 is 0 Å². The van der Waals surface area contributed by atoms with Crippen molar-refractivity contribution in [2.75, 3.05) is 23.7 Å². The van der Waals surface area contributed by atoms with Gasteiger partial charge in [-0.2, -0.15) is 0 Å². The molecule has 2 amide bonds. The van der Waals surface area contributed by atoms with Gasteiger partial charge in [-0.15, -0.1) is 0 Å². The van der Waals surface area contributed by atoms with Crippen LogP contribution in [0.25, 0.3) is 0 Å². The molecule has 0 aromatic heterocycles. The number of sulfonamides is 1. The van der Waals surface area contributed by atoms with E-state index < -0.39 is 28.5 Å². The van der Waals surface area contributed by atoms with Crippen molar-refractivity contribution in [3.05, 3.63) is 61.6 Å². The van der Waals surface area contributed by atoms with Crippen molar-refractivity contribution in [2.45, 2.75) is 33.4 Å². The lowest BCUT2D eigenvalue weighted by atomic mass is 10.1.